The SMILES string of the molecule is CN(Cc1cccnc1)C1CC(N)c2ccccc21. The summed E-state index contributed by atoms with van der Waals surface area (Å²) in [5, 5.41) is 0. The number of benzene rings is 1. The van der Waals surface area contributed by atoms with Gasteiger partial charge in [0, 0.05) is 31.0 Å². The Morgan fingerprint density at radius 1 is 1.21 bits per heavy atom. The van der Waals surface area contributed by atoms with Gasteiger partial charge in [-0.25, -0.2) is 0 Å². The summed E-state index contributed by atoms with van der Waals surface area (Å²) in [5.74, 6) is 0. The normalized spacial score (nSPS) is 21.6. The summed E-state index contributed by atoms with van der Waals surface area (Å²) in [6.07, 6.45) is 4.73. The van der Waals surface area contributed by atoms with Gasteiger partial charge in [0.25, 0.3) is 0 Å². The Labute approximate surface area is 114 Å². The van der Waals surface area contributed by atoms with Gasteiger partial charge in [-0.1, -0.05) is 30.3 Å². The van der Waals surface area contributed by atoms with E-state index in [1.165, 1.54) is 16.7 Å². The standard InChI is InChI=1S/C16H19N3/c1-19(11-12-5-4-8-18-10-12)16-9-15(17)13-6-2-3-7-14(13)16/h2-8,10,15-16H,9,11,17H2,1H3. The molecule has 0 saturated carbocycles. The van der Waals surface area contributed by atoms with Crippen molar-refractivity contribution in [1.29, 1.82) is 0 Å². The summed E-state index contributed by atoms with van der Waals surface area (Å²) in [7, 11) is 2.16. The number of nitrogens with zero attached hydrogens (tertiary/aromatic N) is 2. The second-order valence-corrected chi connectivity index (χ2v) is 5.26. The molecule has 1 aromatic carbocycles. The van der Waals surface area contributed by atoms with Crippen molar-refractivity contribution < 1.29 is 0 Å². The van der Waals surface area contributed by atoms with E-state index < -0.39 is 0 Å². The fraction of sp³-hybridized carbons (Fsp3) is 0.312. The highest BCUT2D eigenvalue weighted by atomic mass is 15.1. The number of hydrogen-bond donors (Lipinski definition) is 1. The van der Waals surface area contributed by atoms with Gasteiger partial charge in [-0.15, -0.1) is 0 Å². The molecule has 98 valence electrons. The maximum absolute atomic E-state index is 6.23. The molecule has 2 N–H and O–H groups in total. The third-order valence-electron chi connectivity index (χ3n) is 3.92. The van der Waals surface area contributed by atoms with Crippen LogP contribution in [0.4, 0.5) is 0 Å². The smallest absolute Gasteiger partial charge is 0.0369 e. The lowest BCUT2D eigenvalue weighted by Crippen LogP contribution is -2.23. The first-order valence-electron chi connectivity index (χ1n) is 6.69. The Morgan fingerprint density at radius 2 is 2.00 bits per heavy atom. The van der Waals surface area contributed by atoms with Gasteiger partial charge in [0.05, 0.1) is 0 Å². The van der Waals surface area contributed by atoms with Gasteiger partial charge in [-0.05, 0) is 36.2 Å². The van der Waals surface area contributed by atoms with Crippen LogP contribution < -0.4 is 5.73 Å². The highest BCUT2D eigenvalue weighted by Gasteiger charge is 2.30. The van der Waals surface area contributed by atoms with Crippen LogP contribution in [0.15, 0.2) is 48.8 Å². The molecule has 0 fully saturated rings. The molecular formula is C16H19N3. The molecule has 2 unspecified atom stereocenters. The molecule has 0 bridgehead atoms. The minimum Gasteiger partial charge on any atom is -0.324 e. The summed E-state index contributed by atoms with van der Waals surface area (Å²) >= 11 is 0. The predicted octanol–water partition coefficient (Wildman–Crippen LogP) is 2.66. The average Bonchev–Trinajstić information content (AvgIpc) is 2.78. The predicted molar refractivity (Wildman–Crippen MR) is 76.4 cm³/mol. The van der Waals surface area contributed by atoms with Gasteiger partial charge in [0.15, 0.2) is 0 Å². The van der Waals surface area contributed by atoms with E-state index in [1.54, 1.807) is 0 Å². The largest absolute Gasteiger partial charge is 0.324 e. The van der Waals surface area contributed by atoms with Crippen molar-refractivity contribution in [2.75, 3.05) is 7.05 Å². The summed E-state index contributed by atoms with van der Waals surface area (Å²) in [6, 6.07) is 13.2. The van der Waals surface area contributed by atoms with Crippen LogP contribution in [-0.4, -0.2) is 16.9 Å². The Balaban J connectivity index is 1.80. The van der Waals surface area contributed by atoms with E-state index in [9.17, 15) is 0 Å². The summed E-state index contributed by atoms with van der Waals surface area (Å²) in [4.78, 5) is 6.54. The van der Waals surface area contributed by atoms with Crippen LogP contribution >= 0.6 is 0 Å². The Kier molecular flexibility index (Phi) is 3.32. The van der Waals surface area contributed by atoms with Crippen molar-refractivity contribution in [2.24, 2.45) is 5.73 Å². The second-order valence-electron chi connectivity index (χ2n) is 5.26. The zero-order valence-electron chi connectivity index (χ0n) is 11.2. The molecular weight excluding hydrogens is 234 g/mol. The Morgan fingerprint density at radius 3 is 2.74 bits per heavy atom. The lowest BCUT2D eigenvalue weighted by molar-refractivity contribution is 0.229. The zero-order valence-corrected chi connectivity index (χ0v) is 11.2. The zero-order chi connectivity index (χ0) is 13.2. The molecule has 0 saturated heterocycles. The lowest BCUT2D eigenvalue weighted by atomic mass is 10.1. The van der Waals surface area contributed by atoms with Gasteiger partial charge in [-0.2, -0.15) is 0 Å². The van der Waals surface area contributed by atoms with Crippen LogP contribution in [0.1, 0.15) is 35.2 Å². The first-order chi connectivity index (χ1) is 9.25. The van der Waals surface area contributed by atoms with E-state index in [2.05, 4.69) is 47.3 Å². The fourth-order valence-corrected chi connectivity index (χ4v) is 2.95. The van der Waals surface area contributed by atoms with E-state index in [0.29, 0.717) is 6.04 Å². The summed E-state index contributed by atoms with van der Waals surface area (Å²) in [6.45, 7) is 0.902. The van der Waals surface area contributed by atoms with Crippen LogP contribution in [0.5, 0.6) is 0 Å². The average molecular weight is 253 g/mol. The molecule has 3 heteroatoms. The molecule has 2 atom stereocenters. The summed E-state index contributed by atoms with van der Waals surface area (Å²) < 4.78 is 0. The molecule has 1 heterocycles. The van der Waals surface area contributed by atoms with Gasteiger partial charge >= 0.3 is 0 Å². The molecule has 1 aromatic heterocycles. The van der Waals surface area contributed by atoms with Gasteiger partial charge in [0.1, 0.15) is 0 Å². The molecule has 3 nitrogen and oxygen atoms in total. The molecule has 1 aliphatic rings. The van der Waals surface area contributed by atoms with Crippen molar-refractivity contribution in [2.45, 2.75) is 25.0 Å². The van der Waals surface area contributed by atoms with Crippen molar-refractivity contribution in [3.63, 3.8) is 0 Å². The third-order valence-corrected chi connectivity index (χ3v) is 3.92. The van der Waals surface area contributed by atoms with E-state index in [4.69, 9.17) is 5.73 Å². The third kappa shape index (κ3) is 2.39. The number of rotatable bonds is 3. The highest BCUT2D eigenvalue weighted by molar-refractivity contribution is 5.37. The molecule has 0 spiro atoms. The molecule has 0 amide bonds. The number of hydrogen-bond acceptors (Lipinski definition) is 3. The van der Waals surface area contributed by atoms with E-state index >= 15 is 0 Å². The first-order valence-corrected chi connectivity index (χ1v) is 6.69. The molecule has 0 aliphatic heterocycles. The maximum atomic E-state index is 6.23. The summed E-state index contributed by atoms with van der Waals surface area (Å²) in [5.41, 5.74) is 10.1. The Hall–Kier alpha value is -1.71. The minimum absolute atomic E-state index is 0.164. The minimum atomic E-state index is 0.164. The van der Waals surface area contributed by atoms with Crippen LogP contribution in [0.25, 0.3) is 0 Å². The second kappa shape index (κ2) is 5.11. The van der Waals surface area contributed by atoms with E-state index in [1.807, 2.05) is 18.5 Å². The molecule has 0 radical (unpaired) electrons. The number of nitrogens with two attached hydrogens (primary N) is 1. The topological polar surface area (TPSA) is 42.2 Å². The van der Waals surface area contributed by atoms with Crippen LogP contribution in [-0.2, 0) is 6.54 Å². The number of fused-ring (bicyclic) bond motifs is 1. The van der Waals surface area contributed by atoms with E-state index in [0.717, 1.165) is 13.0 Å². The Bertz CT molecular complexity index is 553. The lowest BCUT2D eigenvalue weighted by Gasteiger charge is -2.25. The molecule has 19 heavy (non-hydrogen) atoms. The van der Waals surface area contributed by atoms with Crippen LogP contribution in [0.2, 0.25) is 0 Å². The van der Waals surface area contributed by atoms with Crippen LogP contribution in [0.3, 0.4) is 0 Å². The van der Waals surface area contributed by atoms with Gasteiger partial charge < -0.3 is 5.73 Å². The highest BCUT2D eigenvalue weighted by Crippen LogP contribution is 2.40. The van der Waals surface area contributed by atoms with Crippen molar-refractivity contribution in [1.82, 2.24) is 9.88 Å². The fourth-order valence-electron chi connectivity index (χ4n) is 2.95. The maximum Gasteiger partial charge on any atom is 0.0369 e. The van der Waals surface area contributed by atoms with Gasteiger partial charge in [-0.3, -0.25) is 9.88 Å². The first kappa shape index (κ1) is 12.3. The monoisotopic (exact) mass is 253 g/mol. The van der Waals surface area contributed by atoms with Crippen molar-refractivity contribution in [3.05, 3.63) is 65.5 Å². The number of pyridine rings is 1. The van der Waals surface area contributed by atoms with Crippen molar-refractivity contribution >= 4 is 0 Å². The molecule has 3 rings (SSSR count). The van der Waals surface area contributed by atoms with E-state index in [-0.39, 0.29) is 6.04 Å². The number of aromatic nitrogens is 1. The van der Waals surface area contributed by atoms with Gasteiger partial charge in [0.2, 0.25) is 0 Å². The quantitative estimate of drug-likeness (QED) is 0.914. The van der Waals surface area contributed by atoms with Crippen molar-refractivity contribution in [3.8, 4) is 0 Å². The molecule has 2 aromatic rings. The van der Waals surface area contributed by atoms with Crippen LogP contribution in [0, 0.1) is 0 Å². The molecule has 1 aliphatic carbocycles.